The van der Waals surface area contributed by atoms with Crippen molar-refractivity contribution in [1.29, 1.82) is 0 Å². The van der Waals surface area contributed by atoms with Crippen LogP contribution in [0, 0.1) is 0 Å². The van der Waals surface area contributed by atoms with E-state index < -0.39 is 11.2 Å². The zero-order valence-corrected chi connectivity index (χ0v) is 17.5. The van der Waals surface area contributed by atoms with Crippen molar-refractivity contribution in [3.8, 4) is 0 Å². The van der Waals surface area contributed by atoms with Crippen LogP contribution in [-0.2, 0) is 18.9 Å². The number of nitrogens with one attached hydrogen (secondary N) is 1. The number of carbonyl (C=O) groups excluding carboxylic acids is 1. The summed E-state index contributed by atoms with van der Waals surface area (Å²) in [6, 6.07) is 7.30. The maximum absolute atomic E-state index is 12.7. The van der Waals surface area contributed by atoms with E-state index in [1.54, 1.807) is 36.2 Å². The van der Waals surface area contributed by atoms with Crippen LogP contribution in [0.25, 0.3) is 17.2 Å². The summed E-state index contributed by atoms with van der Waals surface area (Å²) >= 11 is 5.99. The Bertz CT molecular complexity index is 1270. The van der Waals surface area contributed by atoms with E-state index >= 15 is 0 Å². The first-order valence-corrected chi connectivity index (χ1v) is 10.1. The minimum atomic E-state index is -0.419. The SMILES string of the molecule is Cn1c(=O)c2[nH]c(C3CCCN(C(=O)/C=C/c4cccc(Cl)c4)C3)nc2n(C)c1=O. The van der Waals surface area contributed by atoms with Gasteiger partial charge in [-0.2, -0.15) is 0 Å². The quantitative estimate of drug-likeness (QED) is 0.647. The van der Waals surface area contributed by atoms with Gasteiger partial charge in [-0.25, -0.2) is 9.78 Å². The number of piperidine rings is 1. The second-order valence-electron chi connectivity index (χ2n) is 7.54. The molecule has 156 valence electrons. The van der Waals surface area contributed by atoms with Crippen LogP contribution in [0.2, 0.25) is 5.02 Å². The third-order valence-electron chi connectivity index (χ3n) is 5.50. The average molecular weight is 428 g/mol. The molecule has 1 fully saturated rings. The highest BCUT2D eigenvalue weighted by molar-refractivity contribution is 6.30. The molecule has 1 atom stereocenters. The molecule has 2 aromatic heterocycles. The van der Waals surface area contributed by atoms with E-state index in [0.29, 0.717) is 35.1 Å². The number of halogens is 1. The number of hydrogen-bond donors (Lipinski definition) is 1. The molecular weight excluding hydrogens is 406 g/mol. The molecule has 0 bridgehead atoms. The zero-order chi connectivity index (χ0) is 21.4. The topological polar surface area (TPSA) is 93.0 Å². The van der Waals surface area contributed by atoms with Crippen molar-refractivity contribution in [2.45, 2.75) is 18.8 Å². The number of fused-ring (bicyclic) bond motifs is 1. The van der Waals surface area contributed by atoms with Crippen molar-refractivity contribution in [3.05, 3.63) is 67.6 Å². The number of hydrogen-bond acceptors (Lipinski definition) is 4. The van der Waals surface area contributed by atoms with E-state index in [1.165, 1.54) is 11.6 Å². The molecular formula is C21H22ClN5O3. The molecule has 8 nitrogen and oxygen atoms in total. The van der Waals surface area contributed by atoms with Gasteiger partial charge in [-0.3, -0.25) is 18.7 Å². The van der Waals surface area contributed by atoms with Crippen molar-refractivity contribution < 1.29 is 4.79 Å². The number of nitrogens with zero attached hydrogens (tertiary/aromatic N) is 4. The monoisotopic (exact) mass is 427 g/mol. The van der Waals surface area contributed by atoms with E-state index in [-0.39, 0.29) is 11.8 Å². The van der Waals surface area contributed by atoms with E-state index in [9.17, 15) is 14.4 Å². The molecule has 3 heterocycles. The van der Waals surface area contributed by atoms with E-state index in [1.807, 2.05) is 12.1 Å². The fraction of sp³-hybridized carbons (Fsp3) is 0.333. The number of benzene rings is 1. The summed E-state index contributed by atoms with van der Waals surface area (Å²) < 4.78 is 2.41. The highest BCUT2D eigenvalue weighted by atomic mass is 35.5. The molecule has 1 aliphatic heterocycles. The molecule has 0 spiro atoms. The van der Waals surface area contributed by atoms with Gasteiger partial charge < -0.3 is 9.88 Å². The third-order valence-corrected chi connectivity index (χ3v) is 5.73. The maximum atomic E-state index is 12.7. The first kappa shape index (κ1) is 20.2. The lowest BCUT2D eigenvalue weighted by atomic mass is 9.97. The van der Waals surface area contributed by atoms with Crippen LogP contribution >= 0.6 is 11.6 Å². The summed E-state index contributed by atoms with van der Waals surface area (Å²) in [6.45, 7) is 1.16. The molecule has 9 heteroatoms. The Balaban J connectivity index is 1.56. The lowest BCUT2D eigenvalue weighted by Crippen LogP contribution is -2.38. The summed E-state index contributed by atoms with van der Waals surface area (Å²) in [6.07, 6.45) is 4.97. The maximum Gasteiger partial charge on any atom is 0.332 e. The van der Waals surface area contributed by atoms with Crippen LogP contribution in [0.3, 0.4) is 0 Å². The van der Waals surface area contributed by atoms with Gasteiger partial charge in [-0.05, 0) is 36.6 Å². The Labute approximate surface area is 177 Å². The van der Waals surface area contributed by atoms with Crippen molar-refractivity contribution in [3.63, 3.8) is 0 Å². The number of carbonyl (C=O) groups is 1. The Morgan fingerprint density at radius 1 is 1.27 bits per heavy atom. The number of aryl methyl sites for hydroxylation is 1. The first-order valence-electron chi connectivity index (χ1n) is 9.73. The number of H-pyrrole nitrogens is 1. The average Bonchev–Trinajstić information content (AvgIpc) is 3.20. The summed E-state index contributed by atoms with van der Waals surface area (Å²) in [5.74, 6) is 0.508. The van der Waals surface area contributed by atoms with Crippen LogP contribution in [0.1, 0.15) is 30.1 Å². The molecule has 1 aliphatic rings. The molecule has 4 rings (SSSR count). The van der Waals surface area contributed by atoms with Gasteiger partial charge in [-0.1, -0.05) is 23.7 Å². The number of aromatic nitrogens is 4. The van der Waals surface area contributed by atoms with Gasteiger partial charge in [-0.15, -0.1) is 0 Å². The van der Waals surface area contributed by atoms with E-state index in [2.05, 4.69) is 9.97 Å². The zero-order valence-electron chi connectivity index (χ0n) is 16.8. The summed E-state index contributed by atoms with van der Waals surface area (Å²) in [4.78, 5) is 46.6. The van der Waals surface area contributed by atoms with Gasteiger partial charge in [0.2, 0.25) is 5.91 Å². The van der Waals surface area contributed by atoms with E-state index in [4.69, 9.17) is 11.6 Å². The molecule has 1 saturated heterocycles. The largest absolute Gasteiger partial charge is 0.338 e. The number of rotatable bonds is 3. The van der Waals surface area contributed by atoms with Gasteiger partial charge in [0.1, 0.15) is 11.3 Å². The second kappa shape index (κ2) is 7.95. The highest BCUT2D eigenvalue weighted by Gasteiger charge is 2.27. The molecule has 0 radical (unpaired) electrons. The predicted octanol–water partition coefficient (Wildman–Crippen LogP) is 2.03. The smallest absolute Gasteiger partial charge is 0.332 e. The Kier molecular flexibility index (Phi) is 5.34. The first-order chi connectivity index (χ1) is 14.3. The molecule has 0 aliphatic carbocycles. The van der Waals surface area contributed by atoms with Crippen LogP contribution in [0.15, 0.2) is 39.9 Å². The van der Waals surface area contributed by atoms with Gasteiger partial charge >= 0.3 is 5.69 Å². The Morgan fingerprint density at radius 3 is 2.83 bits per heavy atom. The summed E-state index contributed by atoms with van der Waals surface area (Å²) in [7, 11) is 3.03. The number of imidazole rings is 1. The van der Waals surface area contributed by atoms with Gasteiger partial charge in [0.25, 0.3) is 5.56 Å². The molecule has 30 heavy (non-hydrogen) atoms. The molecule has 1 N–H and O–H groups in total. The van der Waals surface area contributed by atoms with Crippen LogP contribution in [-0.4, -0.2) is 43.0 Å². The van der Waals surface area contributed by atoms with Crippen molar-refractivity contribution >= 4 is 34.7 Å². The number of amides is 1. The predicted molar refractivity (Wildman–Crippen MR) is 116 cm³/mol. The minimum Gasteiger partial charge on any atom is -0.338 e. The van der Waals surface area contributed by atoms with Gasteiger partial charge in [0.05, 0.1) is 0 Å². The van der Waals surface area contributed by atoms with Crippen LogP contribution in [0.4, 0.5) is 0 Å². The number of likely N-dealkylation sites (tertiary alicyclic amines) is 1. The lowest BCUT2D eigenvalue weighted by Gasteiger charge is -2.31. The highest BCUT2D eigenvalue weighted by Crippen LogP contribution is 2.26. The van der Waals surface area contributed by atoms with E-state index in [0.717, 1.165) is 23.0 Å². The standard InChI is InChI=1S/C21H22ClN5O3/c1-25-19-17(20(29)26(2)21(25)30)23-18(24-19)14-6-4-10-27(12-14)16(28)9-8-13-5-3-7-15(22)11-13/h3,5,7-9,11,14H,4,6,10,12H2,1-2H3,(H,23,24)/b9-8+. The second-order valence-corrected chi connectivity index (χ2v) is 7.97. The Morgan fingerprint density at radius 2 is 2.07 bits per heavy atom. The molecule has 3 aromatic rings. The normalized spacial score (nSPS) is 17.2. The fourth-order valence-electron chi connectivity index (χ4n) is 3.82. The fourth-order valence-corrected chi connectivity index (χ4v) is 4.02. The summed E-state index contributed by atoms with van der Waals surface area (Å²) in [5.41, 5.74) is 0.678. The molecule has 1 aromatic carbocycles. The minimum absolute atomic E-state index is 0.0329. The van der Waals surface area contributed by atoms with Gasteiger partial charge in [0.15, 0.2) is 5.65 Å². The lowest BCUT2D eigenvalue weighted by molar-refractivity contribution is -0.127. The van der Waals surface area contributed by atoms with Crippen LogP contribution in [0.5, 0.6) is 0 Å². The molecule has 1 unspecified atom stereocenters. The number of aromatic amines is 1. The van der Waals surface area contributed by atoms with Crippen molar-refractivity contribution in [2.24, 2.45) is 14.1 Å². The van der Waals surface area contributed by atoms with Crippen molar-refractivity contribution in [2.75, 3.05) is 13.1 Å². The Hall–Kier alpha value is -3.13. The molecule has 1 amide bonds. The van der Waals surface area contributed by atoms with Crippen LogP contribution < -0.4 is 11.2 Å². The van der Waals surface area contributed by atoms with Crippen molar-refractivity contribution in [1.82, 2.24) is 24.0 Å². The molecule has 0 saturated carbocycles. The third kappa shape index (κ3) is 3.70. The van der Waals surface area contributed by atoms with Gasteiger partial charge in [0, 0.05) is 44.2 Å². The summed E-state index contributed by atoms with van der Waals surface area (Å²) in [5, 5.41) is 0.619.